The van der Waals surface area contributed by atoms with Crippen LogP contribution in [0.25, 0.3) is 0 Å². The molecule has 0 aromatic heterocycles. The van der Waals surface area contributed by atoms with Crippen LogP contribution >= 0.6 is 0 Å². The van der Waals surface area contributed by atoms with Crippen molar-refractivity contribution in [1.82, 2.24) is 0 Å². The standard InChI is InChI=1S/C18H14O3/c1-10-6-7-11-9-15(16(19)14(11)8-10)17-12-4-2-3-5-13(12)18(20)21-17/h2-8,15,17H,9H2,1H3/t15-,17+/m1/s1. The minimum absolute atomic E-state index is 0.0863. The highest BCUT2D eigenvalue weighted by molar-refractivity contribution is 6.04. The first-order valence-corrected chi connectivity index (χ1v) is 7.09. The summed E-state index contributed by atoms with van der Waals surface area (Å²) >= 11 is 0. The molecule has 104 valence electrons. The van der Waals surface area contributed by atoms with E-state index in [-0.39, 0.29) is 17.7 Å². The van der Waals surface area contributed by atoms with Gasteiger partial charge in [-0.05, 0) is 31.0 Å². The quantitative estimate of drug-likeness (QED) is 0.752. The fraction of sp³-hybridized carbons (Fsp3) is 0.222. The summed E-state index contributed by atoms with van der Waals surface area (Å²) in [5, 5.41) is 0. The third-order valence-electron chi connectivity index (χ3n) is 4.39. The maximum atomic E-state index is 12.7. The number of esters is 1. The molecule has 1 aliphatic carbocycles. The molecule has 2 aromatic carbocycles. The topological polar surface area (TPSA) is 43.4 Å². The average Bonchev–Trinajstić information content (AvgIpc) is 2.98. The first-order valence-electron chi connectivity index (χ1n) is 7.09. The highest BCUT2D eigenvalue weighted by Crippen LogP contribution is 2.42. The van der Waals surface area contributed by atoms with E-state index < -0.39 is 6.10 Å². The number of fused-ring (bicyclic) bond motifs is 2. The number of hydrogen-bond acceptors (Lipinski definition) is 3. The number of carbonyl (C=O) groups is 2. The van der Waals surface area contributed by atoms with Crippen LogP contribution in [0.3, 0.4) is 0 Å². The van der Waals surface area contributed by atoms with Gasteiger partial charge in [-0.25, -0.2) is 4.79 Å². The van der Waals surface area contributed by atoms with Crippen LogP contribution in [-0.4, -0.2) is 11.8 Å². The van der Waals surface area contributed by atoms with Crippen LogP contribution in [0.2, 0.25) is 0 Å². The molecule has 21 heavy (non-hydrogen) atoms. The predicted octanol–water partition coefficient (Wildman–Crippen LogP) is 3.26. The van der Waals surface area contributed by atoms with E-state index in [1.54, 1.807) is 6.07 Å². The minimum Gasteiger partial charge on any atom is -0.453 e. The molecule has 3 nitrogen and oxygen atoms in total. The summed E-state index contributed by atoms with van der Waals surface area (Å²) in [5.41, 5.74) is 4.33. The number of ether oxygens (including phenoxy) is 1. The molecule has 3 heteroatoms. The molecule has 0 radical (unpaired) electrons. The van der Waals surface area contributed by atoms with Gasteiger partial charge in [-0.1, -0.05) is 35.9 Å². The number of ketones is 1. The maximum Gasteiger partial charge on any atom is 0.339 e. The van der Waals surface area contributed by atoms with E-state index >= 15 is 0 Å². The molecule has 0 saturated heterocycles. The molecule has 0 unspecified atom stereocenters. The van der Waals surface area contributed by atoms with E-state index in [0.29, 0.717) is 12.0 Å². The summed E-state index contributed by atoms with van der Waals surface area (Å²) < 4.78 is 5.49. The molecule has 2 aliphatic rings. The van der Waals surface area contributed by atoms with Gasteiger partial charge in [0.05, 0.1) is 11.5 Å². The smallest absolute Gasteiger partial charge is 0.339 e. The summed E-state index contributed by atoms with van der Waals surface area (Å²) in [4.78, 5) is 24.6. The summed E-state index contributed by atoms with van der Waals surface area (Å²) in [6, 6.07) is 13.3. The van der Waals surface area contributed by atoms with E-state index in [4.69, 9.17) is 4.74 Å². The Hall–Kier alpha value is -2.42. The van der Waals surface area contributed by atoms with Gasteiger partial charge in [-0.2, -0.15) is 0 Å². The highest BCUT2D eigenvalue weighted by Gasteiger charge is 2.43. The number of benzene rings is 2. The second-order valence-electron chi connectivity index (χ2n) is 5.75. The lowest BCUT2D eigenvalue weighted by Gasteiger charge is -2.16. The minimum atomic E-state index is -0.450. The number of cyclic esters (lactones) is 1. The second kappa shape index (κ2) is 4.29. The first-order chi connectivity index (χ1) is 10.1. The Morgan fingerprint density at radius 1 is 1.05 bits per heavy atom. The molecular formula is C18H14O3. The van der Waals surface area contributed by atoms with Crippen molar-refractivity contribution in [3.8, 4) is 0 Å². The second-order valence-corrected chi connectivity index (χ2v) is 5.75. The van der Waals surface area contributed by atoms with Crippen molar-refractivity contribution in [2.24, 2.45) is 5.92 Å². The fourth-order valence-electron chi connectivity index (χ4n) is 3.34. The van der Waals surface area contributed by atoms with Crippen molar-refractivity contribution in [2.45, 2.75) is 19.4 Å². The van der Waals surface area contributed by atoms with Gasteiger partial charge in [-0.3, -0.25) is 4.79 Å². The first kappa shape index (κ1) is 12.3. The van der Waals surface area contributed by atoms with Crippen molar-refractivity contribution < 1.29 is 14.3 Å². The SMILES string of the molecule is Cc1ccc2c(c1)C(=O)[C@H]([C@H]1OC(=O)c3ccccc31)C2. The van der Waals surface area contributed by atoms with Crippen LogP contribution < -0.4 is 0 Å². The predicted molar refractivity (Wildman–Crippen MR) is 77.3 cm³/mol. The molecule has 0 amide bonds. The van der Waals surface area contributed by atoms with E-state index in [0.717, 1.165) is 22.3 Å². The number of aryl methyl sites for hydroxylation is 1. The highest BCUT2D eigenvalue weighted by atomic mass is 16.5. The zero-order valence-corrected chi connectivity index (χ0v) is 11.6. The monoisotopic (exact) mass is 278 g/mol. The van der Waals surface area contributed by atoms with Crippen molar-refractivity contribution >= 4 is 11.8 Å². The molecule has 0 saturated carbocycles. The third-order valence-corrected chi connectivity index (χ3v) is 4.39. The Labute approximate surface area is 122 Å². The van der Waals surface area contributed by atoms with E-state index in [9.17, 15) is 9.59 Å². The summed E-state index contributed by atoms with van der Waals surface area (Å²) in [5.74, 6) is -0.534. The lowest BCUT2D eigenvalue weighted by atomic mass is 9.91. The molecule has 0 bridgehead atoms. The average molecular weight is 278 g/mol. The van der Waals surface area contributed by atoms with Crippen molar-refractivity contribution in [1.29, 1.82) is 0 Å². The van der Waals surface area contributed by atoms with Crippen molar-refractivity contribution in [2.75, 3.05) is 0 Å². The van der Waals surface area contributed by atoms with Crippen LogP contribution in [0, 0.1) is 12.8 Å². The zero-order chi connectivity index (χ0) is 14.6. The Morgan fingerprint density at radius 3 is 2.71 bits per heavy atom. The summed E-state index contributed by atoms with van der Waals surface area (Å²) in [7, 11) is 0. The van der Waals surface area contributed by atoms with Crippen molar-refractivity contribution in [3.63, 3.8) is 0 Å². The normalized spacial score (nSPS) is 22.9. The third kappa shape index (κ3) is 1.74. The maximum absolute atomic E-state index is 12.7. The number of Topliss-reactive ketones (excluding diaryl/α,β-unsaturated/α-hetero) is 1. The molecule has 2 atom stereocenters. The molecule has 4 rings (SSSR count). The molecular weight excluding hydrogens is 264 g/mol. The Bertz CT molecular complexity index is 776. The summed E-state index contributed by atoms with van der Waals surface area (Å²) in [6.07, 6.45) is 0.190. The molecule has 0 fully saturated rings. The van der Waals surface area contributed by atoms with Gasteiger partial charge in [0.15, 0.2) is 5.78 Å². The van der Waals surface area contributed by atoms with E-state index in [1.165, 1.54) is 0 Å². The molecule has 1 heterocycles. The molecule has 2 aromatic rings. The van der Waals surface area contributed by atoms with Gasteiger partial charge >= 0.3 is 5.97 Å². The van der Waals surface area contributed by atoms with Crippen LogP contribution in [-0.2, 0) is 11.2 Å². The Balaban J connectivity index is 1.75. The van der Waals surface area contributed by atoms with Crippen LogP contribution in [0.15, 0.2) is 42.5 Å². The number of hydrogen-bond donors (Lipinski definition) is 0. The Morgan fingerprint density at radius 2 is 1.86 bits per heavy atom. The van der Waals surface area contributed by atoms with Gasteiger partial charge < -0.3 is 4.74 Å². The zero-order valence-electron chi connectivity index (χ0n) is 11.6. The van der Waals surface area contributed by atoms with E-state index in [2.05, 4.69) is 0 Å². The van der Waals surface area contributed by atoms with Crippen LogP contribution in [0.4, 0.5) is 0 Å². The van der Waals surface area contributed by atoms with Gasteiger partial charge in [0.1, 0.15) is 6.10 Å². The number of rotatable bonds is 1. The van der Waals surface area contributed by atoms with Gasteiger partial charge in [-0.15, -0.1) is 0 Å². The molecule has 0 N–H and O–H groups in total. The van der Waals surface area contributed by atoms with E-state index in [1.807, 2.05) is 43.3 Å². The lowest BCUT2D eigenvalue weighted by molar-refractivity contribution is 0.0252. The van der Waals surface area contributed by atoms with Gasteiger partial charge in [0.25, 0.3) is 0 Å². The Kier molecular flexibility index (Phi) is 2.52. The fourth-order valence-corrected chi connectivity index (χ4v) is 3.34. The lowest BCUT2D eigenvalue weighted by Crippen LogP contribution is -2.19. The summed E-state index contributed by atoms with van der Waals surface area (Å²) in [6.45, 7) is 1.98. The molecule has 0 spiro atoms. The van der Waals surface area contributed by atoms with Crippen molar-refractivity contribution in [3.05, 3.63) is 70.3 Å². The van der Waals surface area contributed by atoms with Gasteiger partial charge in [0.2, 0.25) is 0 Å². The van der Waals surface area contributed by atoms with Crippen LogP contribution in [0.5, 0.6) is 0 Å². The largest absolute Gasteiger partial charge is 0.453 e. The van der Waals surface area contributed by atoms with Gasteiger partial charge in [0, 0.05) is 11.1 Å². The molecule has 1 aliphatic heterocycles. The number of carbonyl (C=O) groups excluding carboxylic acids is 2. The van der Waals surface area contributed by atoms with Crippen LogP contribution in [0.1, 0.15) is 43.5 Å².